The van der Waals surface area contributed by atoms with E-state index in [0.29, 0.717) is 6.42 Å². The summed E-state index contributed by atoms with van der Waals surface area (Å²) in [5, 5.41) is 8.93. The van der Waals surface area contributed by atoms with Crippen LogP contribution in [0.1, 0.15) is 29.4 Å². The van der Waals surface area contributed by atoms with Crippen molar-refractivity contribution >= 4 is 32.7 Å². The number of anilines is 1. The molecule has 0 atom stereocenters. The van der Waals surface area contributed by atoms with Crippen LogP contribution in [-0.2, 0) is 10.2 Å². The van der Waals surface area contributed by atoms with Crippen LogP contribution in [0.25, 0.3) is 0 Å². The van der Waals surface area contributed by atoms with Crippen molar-refractivity contribution in [1.29, 1.82) is 0 Å². The Kier molecular flexibility index (Phi) is 4.43. The molecular formula is C8H13N3O4S2. The number of aromatic nitrogens is 1. The summed E-state index contributed by atoms with van der Waals surface area (Å²) in [4.78, 5) is 10.9. The lowest BCUT2D eigenvalue weighted by atomic mass is 10.2. The third-order valence-electron chi connectivity index (χ3n) is 1.85. The van der Waals surface area contributed by atoms with E-state index < -0.39 is 16.2 Å². The van der Waals surface area contributed by atoms with Gasteiger partial charge in [0, 0.05) is 6.54 Å². The van der Waals surface area contributed by atoms with Crippen molar-refractivity contribution in [2.45, 2.75) is 20.3 Å². The molecule has 0 unspecified atom stereocenters. The first-order valence-electron chi connectivity index (χ1n) is 4.84. The molecule has 0 bridgehead atoms. The first kappa shape index (κ1) is 13.9. The number of carboxylic acid groups (broad SMARTS) is 1. The number of hydrogen-bond acceptors (Lipinski definition) is 5. The van der Waals surface area contributed by atoms with Crippen LogP contribution in [0.4, 0.5) is 5.00 Å². The van der Waals surface area contributed by atoms with Crippen LogP contribution in [0.2, 0.25) is 0 Å². The molecule has 1 heterocycles. The lowest BCUT2D eigenvalue weighted by Crippen LogP contribution is -2.30. The summed E-state index contributed by atoms with van der Waals surface area (Å²) >= 11 is 0.804. The van der Waals surface area contributed by atoms with Gasteiger partial charge >= 0.3 is 5.97 Å². The van der Waals surface area contributed by atoms with E-state index in [9.17, 15) is 13.2 Å². The van der Waals surface area contributed by atoms with E-state index in [1.807, 2.05) is 6.92 Å². The molecule has 1 aromatic rings. The molecule has 0 aliphatic carbocycles. The molecule has 0 radical (unpaired) electrons. The van der Waals surface area contributed by atoms with Gasteiger partial charge in [-0.2, -0.15) is 17.5 Å². The topological polar surface area (TPSA) is 108 Å². The van der Waals surface area contributed by atoms with Gasteiger partial charge < -0.3 is 5.11 Å². The molecule has 0 aromatic carbocycles. The number of rotatable bonds is 6. The minimum atomic E-state index is -3.73. The number of carbonyl (C=O) groups is 1. The Bertz CT molecular complexity index is 509. The summed E-state index contributed by atoms with van der Waals surface area (Å²) in [6.45, 7) is 3.62. The maximum atomic E-state index is 11.5. The Labute approximate surface area is 103 Å². The zero-order valence-electron chi connectivity index (χ0n) is 9.35. The van der Waals surface area contributed by atoms with Gasteiger partial charge in [0.25, 0.3) is 10.2 Å². The summed E-state index contributed by atoms with van der Waals surface area (Å²) in [5.74, 6) is -1.20. The van der Waals surface area contributed by atoms with E-state index in [4.69, 9.17) is 5.11 Å². The summed E-state index contributed by atoms with van der Waals surface area (Å²) in [6.07, 6.45) is 0.647. The highest BCUT2D eigenvalue weighted by Crippen LogP contribution is 2.24. The van der Waals surface area contributed by atoms with Gasteiger partial charge in [-0.25, -0.2) is 4.79 Å². The molecule has 1 rings (SSSR count). The third kappa shape index (κ3) is 3.65. The predicted molar refractivity (Wildman–Crippen MR) is 64.6 cm³/mol. The molecule has 0 amide bonds. The summed E-state index contributed by atoms with van der Waals surface area (Å²) in [5.41, 5.74) is 0.174. The maximum Gasteiger partial charge on any atom is 0.340 e. The minimum Gasteiger partial charge on any atom is -0.478 e. The summed E-state index contributed by atoms with van der Waals surface area (Å²) in [7, 11) is -3.73. The van der Waals surface area contributed by atoms with Gasteiger partial charge in [0.2, 0.25) is 0 Å². The van der Waals surface area contributed by atoms with Crippen LogP contribution >= 0.6 is 11.5 Å². The van der Waals surface area contributed by atoms with Crippen molar-refractivity contribution in [2.75, 3.05) is 11.3 Å². The zero-order chi connectivity index (χ0) is 13.1. The molecule has 96 valence electrons. The first-order chi connectivity index (χ1) is 7.87. The fourth-order valence-corrected chi connectivity index (χ4v) is 3.10. The van der Waals surface area contributed by atoms with Gasteiger partial charge in [0.15, 0.2) is 0 Å². The molecule has 0 spiro atoms. The normalized spacial score (nSPS) is 11.4. The van der Waals surface area contributed by atoms with Gasteiger partial charge in [-0.05, 0) is 24.9 Å². The number of nitrogens with zero attached hydrogens (tertiary/aromatic N) is 1. The quantitative estimate of drug-likeness (QED) is 0.714. The Morgan fingerprint density at radius 3 is 2.71 bits per heavy atom. The van der Waals surface area contributed by atoms with Crippen molar-refractivity contribution < 1.29 is 18.3 Å². The SMILES string of the molecule is CCCNS(=O)(=O)Nc1snc(C)c1C(=O)O. The average Bonchev–Trinajstić information content (AvgIpc) is 2.56. The van der Waals surface area contributed by atoms with Gasteiger partial charge in [-0.3, -0.25) is 4.72 Å². The van der Waals surface area contributed by atoms with Crippen LogP contribution in [0, 0.1) is 6.92 Å². The third-order valence-corrected chi connectivity index (χ3v) is 3.89. The van der Waals surface area contributed by atoms with Gasteiger partial charge in [0.1, 0.15) is 10.6 Å². The molecule has 1 aromatic heterocycles. The van der Waals surface area contributed by atoms with Crippen molar-refractivity contribution in [2.24, 2.45) is 0 Å². The fourth-order valence-electron chi connectivity index (χ4n) is 1.09. The van der Waals surface area contributed by atoms with E-state index in [0.717, 1.165) is 11.5 Å². The standard InChI is InChI=1S/C8H13N3O4S2/c1-3-4-9-17(14,15)11-7-6(8(12)13)5(2)10-16-7/h9,11H,3-4H2,1-2H3,(H,12,13). The highest BCUT2D eigenvalue weighted by molar-refractivity contribution is 7.91. The van der Waals surface area contributed by atoms with Crippen LogP contribution in [0.15, 0.2) is 0 Å². The second-order valence-corrected chi connectivity index (χ2v) is 5.55. The van der Waals surface area contributed by atoms with Gasteiger partial charge in [-0.1, -0.05) is 6.92 Å². The fraction of sp³-hybridized carbons (Fsp3) is 0.500. The number of aromatic carboxylic acids is 1. The number of hydrogen-bond donors (Lipinski definition) is 3. The molecule has 0 saturated carbocycles. The minimum absolute atomic E-state index is 0.0126. The van der Waals surface area contributed by atoms with Gasteiger partial charge in [0.05, 0.1) is 5.69 Å². The first-order valence-corrected chi connectivity index (χ1v) is 7.10. The van der Waals surface area contributed by atoms with Crippen LogP contribution in [0.3, 0.4) is 0 Å². The maximum absolute atomic E-state index is 11.5. The number of nitrogens with one attached hydrogen (secondary N) is 2. The Morgan fingerprint density at radius 1 is 1.53 bits per heavy atom. The Hall–Kier alpha value is -1.19. The van der Waals surface area contributed by atoms with Gasteiger partial charge in [-0.15, -0.1) is 0 Å². The van der Waals surface area contributed by atoms with E-state index in [-0.39, 0.29) is 22.8 Å². The van der Waals surface area contributed by atoms with E-state index in [1.165, 1.54) is 6.92 Å². The number of aryl methyl sites for hydroxylation is 1. The summed E-state index contributed by atoms with van der Waals surface area (Å²) < 4.78 is 31.3. The molecule has 17 heavy (non-hydrogen) atoms. The largest absolute Gasteiger partial charge is 0.478 e. The van der Waals surface area contributed by atoms with Crippen LogP contribution in [0.5, 0.6) is 0 Å². The Morgan fingerprint density at radius 2 is 2.18 bits per heavy atom. The molecule has 0 saturated heterocycles. The molecule has 0 aliphatic heterocycles. The molecule has 7 nitrogen and oxygen atoms in total. The molecule has 9 heteroatoms. The molecule has 3 N–H and O–H groups in total. The smallest absolute Gasteiger partial charge is 0.340 e. The van der Waals surface area contributed by atoms with Crippen LogP contribution < -0.4 is 9.44 Å². The lowest BCUT2D eigenvalue weighted by molar-refractivity contribution is 0.0697. The van der Waals surface area contributed by atoms with Crippen molar-refractivity contribution in [3.05, 3.63) is 11.3 Å². The highest BCUT2D eigenvalue weighted by Gasteiger charge is 2.21. The second kappa shape index (κ2) is 5.43. The van der Waals surface area contributed by atoms with Crippen molar-refractivity contribution in [1.82, 2.24) is 9.10 Å². The Balaban J connectivity index is 2.92. The van der Waals surface area contributed by atoms with E-state index in [2.05, 4.69) is 13.8 Å². The van der Waals surface area contributed by atoms with Crippen molar-refractivity contribution in [3.63, 3.8) is 0 Å². The van der Waals surface area contributed by atoms with Crippen LogP contribution in [-0.4, -0.2) is 30.4 Å². The summed E-state index contributed by atoms with van der Waals surface area (Å²) in [6, 6.07) is 0. The molecule has 0 aliphatic rings. The van der Waals surface area contributed by atoms with E-state index >= 15 is 0 Å². The average molecular weight is 279 g/mol. The van der Waals surface area contributed by atoms with E-state index in [1.54, 1.807) is 0 Å². The molecule has 0 fully saturated rings. The zero-order valence-corrected chi connectivity index (χ0v) is 11.0. The molecular weight excluding hydrogens is 266 g/mol. The van der Waals surface area contributed by atoms with Crippen molar-refractivity contribution in [3.8, 4) is 0 Å². The number of carboxylic acids is 1. The second-order valence-electron chi connectivity index (χ2n) is 3.28. The monoisotopic (exact) mass is 279 g/mol. The highest BCUT2D eigenvalue weighted by atomic mass is 32.2. The lowest BCUT2D eigenvalue weighted by Gasteiger charge is -2.06. The predicted octanol–water partition coefficient (Wildman–Crippen LogP) is 0.806.